The largest absolute Gasteiger partial charge is 0.495 e. The maximum Gasteiger partial charge on any atom is 0.243 e. The third-order valence-corrected chi connectivity index (χ3v) is 5.20. The lowest BCUT2D eigenvalue weighted by Gasteiger charge is -2.20. The second-order valence-electron chi connectivity index (χ2n) is 4.22. The SMILES string of the molecule is CCN(CCCCO)S(=O)(=O)c1ccc(OC)c(Cl)c1. The number of sulfonamides is 1. The summed E-state index contributed by atoms with van der Waals surface area (Å²) in [6.07, 6.45) is 1.20. The third-order valence-electron chi connectivity index (χ3n) is 2.93. The quantitative estimate of drug-likeness (QED) is 0.745. The fourth-order valence-corrected chi connectivity index (χ4v) is 3.64. The molecule has 0 aliphatic heterocycles. The monoisotopic (exact) mass is 321 g/mol. The first-order valence-electron chi connectivity index (χ1n) is 6.42. The van der Waals surface area contributed by atoms with Gasteiger partial charge in [0, 0.05) is 19.7 Å². The van der Waals surface area contributed by atoms with E-state index >= 15 is 0 Å². The van der Waals surface area contributed by atoms with Crippen molar-refractivity contribution < 1.29 is 18.3 Å². The van der Waals surface area contributed by atoms with Gasteiger partial charge in [0.05, 0.1) is 17.0 Å². The van der Waals surface area contributed by atoms with Crippen molar-refractivity contribution in [2.24, 2.45) is 0 Å². The molecule has 0 saturated heterocycles. The van der Waals surface area contributed by atoms with Crippen LogP contribution >= 0.6 is 11.6 Å². The predicted molar refractivity (Wildman–Crippen MR) is 78.8 cm³/mol. The topological polar surface area (TPSA) is 66.8 Å². The minimum Gasteiger partial charge on any atom is -0.495 e. The van der Waals surface area contributed by atoms with Crippen molar-refractivity contribution in [3.8, 4) is 5.75 Å². The lowest BCUT2D eigenvalue weighted by Crippen LogP contribution is -2.32. The average molecular weight is 322 g/mol. The van der Waals surface area contributed by atoms with Crippen LogP contribution in [0.25, 0.3) is 0 Å². The van der Waals surface area contributed by atoms with Crippen LogP contribution in [0.2, 0.25) is 5.02 Å². The number of aliphatic hydroxyl groups excluding tert-OH is 1. The molecule has 1 aromatic rings. The van der Waals surface area contributed by atoms with Gasteiger partial charge in [0.15, 0.2) is 0 Å². The first kappa shape index (κ1) is 17.2. The van der Waals surface area contributed by atoms with Crippen molar-refractivity contribution in [3.05, 3.63) is 23.2 Å². The fourth-order valence-electron chi connectivity index (χ4n) is 1.80. The number of ether oxygens (including phenoxy) is 1. The first-order chi connectivity index (χ1) is 9.47. The number of benzene rings is 1. The zero-order valence-electron chi connectivity index (χ0n) is 11.7. The molecule has 0 spiro atoms. The van der Waals surface area contributed by atoms with E-state index in [0.717, 1.165) is 0 Å². The van der Waals surface area contributed by atoms with Gasteiger partial charge in [0.2, 0.25) is 10.0 Å². The van der Waals surface area contributed by atoms with Gasteiger partial charge in [-0.2, -0.15) is 4.31 Å². The molecule has 0 aliphatic carbocycles. The highest BCUT2D eigenvalue weighted by molar-refractivity contribution is 7.89. The summed E-state index contributed by atoms with van der Waals surface area (Å²) >= 11 is 5.97. The van der Waals surface area contributed by atoms with Gasteiger partial charge in [0.25, 0.3) is 0 Å². The molecule has 1 N–H and O–H groups in total. The molecule has 0 heterocycles. The molecule has 0 amide bonds. The molecule has 1 rings (SSSR count). The Hall–Kier alpha value is -0.820. The van der Waals surface area contributed by atoms with Gasteiger partial charge >= 0.3 is 0 Å². The lowest BCUT2D eigenvalue weighted by atomic mass is 10.3. The van der Waals surface area contributed by atoms with E-state index in [1.165, 1.54) is 29.6 Å². The van der Waals surface area contributed by atoms with E-state index in [1.54, 1.807) is 6.92 Å². The first-order valence-corrected chi connectivity index (χ1v) is 8.23. The number of aliphatic hydroxyl groups is 1. The van der Waals surface area contributed by atoms with Gasteiger partial charge in [0.1, 0.15) is 5.75 Å². The molecule has 5 nitrogen and oxygen atoms in total. The zero-order chi connectivity index (χ0) is 15.2. The standard InChI is InChI=1S/C13H20ClNO4S/c1-3-15(8-4-5-9-16)20(17,18)11-6-7-13(19-2)12(14)10-11/h6-7,10,16H,3-5,8-9H2,1-2H3. The molecule has 0 unspecified atom stereocenters. The van der Waals surface area contributed by atoms with Crippen LogP contribution in [-0.4, -0.2) is 44.6 Å². The van der Waals surface area contributed by atoms with Crippen molar-refractivity contribution in [1.82, 2.24) is 4.31 Å². The van der Waals surface area contributed by atoms with Crippen LogP contribution in [0, 0.1) is 0 Å². The summed E-state index contributed by atoms with van der Waals surface area (Å²) < 4.78 is 31.3. The zero-order valence-corrected chi connectivity index (χ0v) is 13.2. The maximum absolute atomic E-state index is 12.5. The number of hydrogen-bond acceptors (Lipinski definition) is 4. The fraction of sp³-hybridized carbons (Fsp3) is 0.538. The molecule has 20 heavy (non-hydrogen) atoms. The second kappa shape index (κ2) is 7.83. The van der Waals surface area contributed by atoms with E-state index < -0.39 is 10.0 Å². The van der Waals surface area contributed by atoms with Crippen molar-refractivity contribution in [2.45, 2.75) is 24.7 Å². The minimum atomic E-state index is -3.57. The summed E-state index contributed by atoms with van der Waals surface area (Å²) in [5, 5.41) is 9.03. The van der Waals surface area contributed by atoms with Crippen LogP contribution in [0.15, 0.2) is 23.1 Å². The maximum atomic E-state index is 12.5. The van der Waals surface area contributed by atoms with Crippen LogP contribution in [0.3, 0.4) is 0 Å². The van der Waals surface area contributed by atoms with E-state index in [4.69, 9.17) is 21.4 Å². The smallest absolute Gasteiger partial charge is 0.243 e. The Labute approximate surface area is 125 Å². The number of rotatable bonds is 8. The second-order valence-corrected chi connectivity index (χ2v) is 6.57. The van der Waals surface area contributed by atoms with Gasteiger partial charge in [-0.15, -0.1) is 0 Å². The van der Waals surface area contributed by atoms with Gasteiger partial charge in [-0.1, -0.05) is 18.5 Å². The van der Waals surface area contributed by atoms with Crippen LogP contribution in [0.5, 0.6) is 5.75 Å². The molecule has 0 aliphatic rings. The number of hydrogen-bond donors (Lipinski definition) is 1. The summed E-state index contributed by atoms with van der Waals surface area (Å²) in [5.41, 5.74) is 0. The van der Waals surface area contributed by atoms with E-state index in [9.17, 15) is 8.42 Å². The third kappa shape index (κ3) is 4.09. The summed E-state index contributed by atoms with van der Waals surface area (Å²) in [4.78, 5) is 0.147. The van der Waals surface area contributed by atoms with Gasteiger partial charge < -0.3 is 9.84 Å². The predicted octanol–water partition coefficient (Wildman–Crippen LogP) is 2.13. The number of methoxy groups -OCH3 is 1. The molecule has 1 aromatic carbocycles. The number of nitrogens with zero attached hydrogens (tertiary/aromatic N) is 1. The van der Waals surface area contributed by atoms with Crippen molar-refractivity contribution in [2.75, 3.05) is 26.8 Å². The number of halogens is 1. The van der Waals surface area contributed by atoms with Crippen molar-refractivity contribution >= 4 is 21.6 Å². The Kier molecular flexibility index (Phi) is 6.75. The molecule has 114 valence electrons. The lowest BCUT2D eigenvalue weighted by molar-refractivity contribution is 0.277. The van der Waals surface area contributed by atoms with Crippen LogP contribution in [0.1, 0.15) is 19.8 Å². The number of unbranched alkanes of at least 4 members (excludes halogenated alkanes) is 1. The average Bonchev–Trinajstić information content (AvgIpc) is 2.43. The normalized spacial score (nSPS) is 11.8. The highest BCUT2D eigenvalue weighted by atomic mass is 35.5. The van der Waals surface area contributed by atoms with E-state index in [2.05, 4.69) is 0 Å². The molecular formula is C13H20ClNO4S. The Balaban J connectivity index is 2.98. The molecule has 0 aromatic heterocycles. The van der Waals surface area contributed by atoms with Crippen LogP contribution in [0.4, 0.5) is 0 Å². The summed E-state index contributed by atoms with van der Waals surface area (Å²) in [6, 6.07) is 4.41. The molecule has 0 fully saturated rings. The molecular weight excluding hydrogens is 302 g/mol. The van der Waals surface area contributed by atoms with Gasteiger partial charge in [-0.25, -0.2) is 8.42 Å². The Morgan fingerprint density at radius 1 is 1.35 bits per heavy atom. The van der Waals surface area contributed by atoms with Crippen molar-refractivity contribution in [1.29, 1.82) is 0 Å². The summed E-state index contributed by atoms with van der Waals surface area (Å²) in [6.45, 7) is 2.59. The van der Waals surface area contributed by atoms with Gasteiger partial charge in [-0.3, -0.25) is 0 Å². The highest BCUT2D eigenvalue weighted by Crippen LogP contribution is 2.28. The van der Waals surface area contributed by atoms with E-state index in [-0.39, 0.29) is 16.5 Å². The molecule has 0 radical (unpaired) electrons. The van der Waals surface area contributed by atoms with E-state index in [0.29, 0.717) is 31.7 Å². The molecule has 0 bridgehead atoms. The van der Waals surface area contributed by atoms with Crippen LogP contribution in [-0.2, 0) is 10.0 Å². The van der Waals surface area contributed by atoms with Crippen molar-refractivity contribution in [3.63, 3.8) is 0 Å². The molecule has 7 heteroatoms. The van der Waals surface area contributed by atoms with Gasteiger partial charge in [-0.05, 0) is 31.0 Å². The van der Waals surface area contributed by atoms with Crippen LogP contribution < -0.4 is 4.74 Å². The summed E-state index contributed by atoms with van der Waals surface area (Å²) in [5.74, 6) is 0.439. The van der Waals surface area contributed by atoms with E-state index in [1.807, 2.05) is 0 Å². The highest BCUT2D eigenvalue weighted by Gasteiger charge is 2.23. The summed E-state index contributed by atoms with van der Waals surface area (Å²) in [7, 11) is -2.09. The Morgan fingerprint density at radius 3 is 2.55 bits per heavy atom. The molecule has 0 atom stereocenters. The minimum absolute atomic E-state index is 0.0615. The molecule has 0 saturated carbocycles. The Bertz CT molecular complexity index is 533. The Morgan fingerprint density at radius 2 is 2.05 bits per heavy atom.